The van der Waals surface area contributed by atoms with Crippen LogP contribution in [0.2, 0.25) is 12.1 Å². The molecule has 0 aliphatic rings. The van der Waals surface area contributed by atoms with E-state index >= 15 is 0 Å². The summed E-state index contributed by atoms with van der Waals surface area (Å²) in [5, 5.41) is 0. The molecule has 0 saturated carbocycles. The van der Waals surface area contributed by atoms with Crippen molar-refractivity contribution in [1.82, 2.24) is 0 Å². The quantitative estimate of drug-likeness (QED) is 0.261. The van der Waals surface area contributed by atoms with Gasteiger partial charge >= 0.3 is 8.80 Å². The Morgan fingerprint density at radius 1 is 0.762 bits per heavy atom. The van der Waals surface area contributed by atoms with E-state index in [1.165, 1.54) is 0 Å². The summed E-state index contributed by atoms with van der Waals surface area (Å²) in [5.41, 5.74) is 0. The highest BCUT2D eigenvalue weighted by Gasteiger charge is 2.39. The number of hydrogen-bond donors (Lipinski definition) is 0. The Kier molecular flexibility index (Phi) is 14.0. The molecule has 5 nitrogen and oxygen atoms in total. The monoisotopic (exact) mass is 338 g/mol. The first-order valence-corrected chi connectivity index (χ1v) is 12.1. The predicted octanol–water partition coefficient (Wildman–Crippen LogP) is 2.37. The third-order valence-corrected chi connectivity index (χ3v) is 7.97. The lowest BCUT2D eigenvalue weighted by Crippen LogP contribution is -2.46. The van der Waals surface area contributed by atoms with Gasteiger partial charge < -0.3 is 22.8 Å². The second-order valence-corrected chi connectivity index (χ2v) is 9.25. The minimum Gasteiger partial charge on any atom is -0.374 e. The highest BCUT2D eigenvalue weighted by Crippen LogP contribution is 2.19. The molecule has 0 N–H and O–H groups in total. The number of rotatable bonds is 15. The Labute approximate surface area is 133 Å². The van der Waals surface area contributed by atoms with Gasteiger partial charge in [0.1, 0.15) is 5.91 Å². The third-order valence-electron chi connectivity index (χ3n) is 2.97. The zero-order valence-electron chi connectivity index (χ0n) is 14.5. The molecule has 0 atom stereocenters. The maximum atomic E-state index is 5.86. The van der Waals surface area contributed by atoms with Gasteiger partial charge in [-0.2, -0.15) is 0 Å². The van der Waals surface area contributed by atoms with Gasteiger partial charge in [-0.3, -0.25) is 0 Å². The largest absolute Gasteiger partial charge is 0.500 e. The summed E-state index contributed by atoms with van der Waals surface area (Å²) in [4.78, 5) is 0. The Hall–Kier alpha value is 0.234. The van der Waals surface area contributed by atoms with Gasteiger partial charge in [-0.05, 0) is 34.6 Å². The fourth-order valence-corrected chi connectivity index (χ4v) is 7.10. The van der Waals surface area contributed by atoms with Gasteiger partial charge in [-0.1, -0.05) is 12.5 Å². The van der Waals surface area contributed by atoms with Gasteiger partial charge in [0.25, 0.3) is 0 Å². The van der Waals surface area contributed by atoms with E-state index in [-0.39, 0.29) is 5.91 Å². The van der Waals surface area contributed by atoms with E-state index in [1.54, 1.807) is 0 Å². The molecule has 0 aliphatic heterocycles. The standard InChI is InChI=1S/C14H34O5Si2/c1-6-15-14(16-7-2)20-12-11-13-21(17-8-3,18-9-4)19-10-5/h14H,6-13,20H2,1-5H3. The van der Waals surface area contributed by atoms with Crippen LogP contribution in [-0.4, -0.2) is 57.3 Å². The smallest absolute Gasteiger partial charge is 0.374 e. The third kappa shape index (κ3) is 9.77. The molecule has 0 unspecified atom stereocenters. The van der Waals surface area contributed by atoms with E-state index in [1.807, 2.05) is 34.6 Å². The first kappa shape index (κ1) is 21.2. The molecule has 7 heteroatoms. The van der Waals surface area contributed by atoms with Crippen LogP contribution in [0, 0.1) is 0 Å². The van der Waals surface area contributed by atoms with Crippen molar-refractivity contribution in [2.24, 2.45) is 0 Å². The van der Waals surface area contributed by atoms with Crippen LogP contribution in [0.5, 0.6) is 0 Å². The molecule has 0 saturated heterocycles. The molecule has 128 valence electrons. The van der Waals surface area contributed by atoms with Crippen LogP contribution in [0.1, 0.15) is 41.0 Å². The fourth-order valence-electron chi connectivity index (χ4n) is 2.24. The van der Waals surface area contributed by atoms with E-state index < -0.39 is 18.3 Å². The van der Waals surface area contributed by atoms with Gasteiger partial charge in [0.2, 0.25) is 0 Å². The van der Waals surface area contributed by atoms with E-state index in [0.29, 0.717) is 33.0 Å². The Morgan fingerprint density at radius 2 is 1.24 bits per heavy atom. The van der Waals surface area contributed by atoms with Gasteiger partial charge in [-0.15, -0.1) is 0 Å². The Bertz CT molecular complexity index is 208. The molecule has 0 amide bonds. The minimum absolute atomic E-state index is 0.0438. The molecule has 21 heavy (non-hydrogen) atoms. The van der Waals surface area contributed by atoms with Crippen LogP contribution in [0.25, 0.3) is 0 Å². The summed E-state index contributed by atoms with van der Waals surface area (Å²) >= 11 is 0. The van der Waals surface area contributed by atoms with Crippen molar-refractivity contribution in [2.75, 3.05) is 33.0 Å². The first-order chi connectivity index (χ1) is 10.2. The highest BCUT2D eigenvalue weighted by atomic mass is 28.4. The summed E-state index contributed by atoms with van der Waals surface area (Å²) in [6.07, 6.45) is 1.06. The van der Waals surface area contributed by atoms with Crippen LogP contribution >= 0.6 is 0 Å². The second kappa shape index (κ2) is 13.9. The maximum absolute atomic E-state index is 5.86. The summed E-state index contributed by atoms with van der Waals surface area (Å²) in [5.74, 6) is 0.0438. The lowest BCUT2D eigenvalue weighted by atomic mass is 10.6. The topological polar surface area (TPSA) is 46.2 Å². The average Bonchev–Trinajstić information content (AvgIpc) is 2.45. The number of hydrogen-bond acceptors (Lipinski definition) is 5. The molecule has 0 aromatic carbocycles. The number of ether oxygens (including phenoxy) is 2. The van der Waals surface area contributed by atoms with Crippen LogP contribution in [0.4, 0.5) is 0 Å². The Morgan fingerprint density at radius 3 is 1.62 bits per heavy atom. The van der Waals surface area contributed by atoms with Crippen molar-refractivity contribution < 1.29 is 22.8 Å². The van der Waals surface area contributed by atoms with Crippen molar-refractivity contribution in [3.05, 3.63) is 0 Å². The average molecular weight is 339 g/mol. The predicted molar refractivity (Wildman–Crippen MR) is 90.4 cm³/mol. The molecule has 0 aliphatic carbocycles. The molecule has 0 aromatic rings. The van der Waals surface area contributed by atoms with Gasteiger partial charge in [0.15, 0.2) is 0 Å². The van der Waals surface area contributed by atoms with Crippen molar-refractivity contribution in [3.63, 3.8) is 0 Å². The van der Waals surface area contributed by atoms with E-state index in [0.717, 1.165) is 18.5 Å². The second-order valence-electron chi connectivity index (χ2n) is 4.57. The molecule has 0 bridgehead atoms. The normalized spacial score (nSPS) is 12.9. The minimum atomic E-state index is -2.46. The van der Waals surface area contributed by atoms with Crippen LogP contribution in [0.3, 0.4) is 0 Å². The zero-order chi connectivity index (χ0) is 16.0. The van der Waals surface area contributed by atoms with Crippen LogP contribution in [-0.2, 0) is 22.8 Å². The molecule has 0 fully saturated rings. The summed E-state index contributed by atoms with van der Waals surface area (Å²) < 4.78 is 28.8. The summed E-state index contributed by atoms with van der Waals surface area (Å²) in [6.45, 7) is 13.4. The van der Waals surface area contributed by atoms with Crippen LogP contribution in [0.15, 0.2) is 0 Å². The van der Waals surface area contributed by atoms with Crippen molar-refractivity contribution >= 4 is 18.3 Å². The summed E-state index contributed by atoms with van der Waals surface area (Å²) in [7, 11) is -2.86. The SMILES string of the molecule is CCOC(OCC)[SiH2]CCC[Si](OCC)(OCC)OCC. The molecule has 0 spiro atoms. The molecular weight excluding hydrogens is 304 g/mol. The summed E-state index contributed by atoms with van der Waals surface area (Å²) in [6, 6.07) is 2.05. The highest BCUT2D eigenvalue weighted by molar-refractivity contribution is 6.60. The lowest BCUT2D eigenvalue weighted by molar-refractivity contribution is -0.0827. The molecule has 0 aromatic heterocycles. The van der Waals surface area contributed by atoms with Gasteiger partial charge in [0.05, 0.1) is 9.52 Å². The van der Waals surface area contributed by atoms with Crippen molar-refractivity contribution in [3.8, 4) is 0 Å². The molecule has 0 rings (SSSR count). The molecule has 0 radical (unpaired) electrons. The van der Waals surface area contributed by atoms with Crippen LogP contribution < -0.4 is 0 Å². The maximum Gasteiger partial charge on any atom is 0.500 e. The first-order valence-electron chi connectivity index (χ1n) is 8.32. The molecule has 0 heterocycles. The van der Waals surface area contributed by atoms with E-state index in [4.69, 9.17) is 22.8 Å². The van der Waals surface area contributed by atoms with Crippen molar-refractivity contribution in [2.45, 2.75) is 59.0 Å². The van der Waals surface area contributed by atoms with Gasteiger partial charge in [0, 0.05) is 39.1 Å². The lowest BCUT2D eigenvalue weighted by Gasteiger charge is -2.28. The Balaban J connectivity index is 4.21. The van der Waals surface area contributed by atoms with Gasteiger partial charge in [-0.25, -0.2) is 0 Å². The van der Waals surface area contributed by atoms with E-state index in [2.05, 4.69) is 0 Å². The zero-order valence-corrected chi connectivity index (χ0v) is 16.9. The van der Waals surface area contributed by atoms with E-state index in [9.17, 15) is 0 Å². The molecular formula is C14H34O5Si2. The van der Waals surface area contributed by atoms with Crippen molar-refractivity contribution in [1.29, 1.82) is 0 Å². The fraction of sp³-hybridized carbons (Fsp3) is 1.00.